The first-order chi connectivity index (χ1) is 7.72. The molecule has 0 aliphatic rings. The lowest BCUT2D eigenvalue weighted by molar-refractivity contribution is 0.521. The molecule has 0 amide bonds. The minimum absolute atomic E-state index is 0.182. The predicted octanol–water partition coefficient (Wildman–Crippen LogP) is 4.00. The molecule has 2 nitrogen and oxygen atoms in total. The average molecular weight is 256 g/mol. The quantitative estimate of drug-likeness (QED) is 0.893. The van der Waals surface area contributed by atoms with E-state index in [2.05, 4.69) is 18.3 Å². The van der Waals surface area contributed by atoms with Gasteiger partial charge in [-0.1, -0.05) is 18.5 Å². The topological polar surface area (TPSA) is 25.2 Å². The van der Waals surface area contributed by atoms with Crippen molar-refractivity contribution in [2.24, 2.45) is 0 Å². The summed E-state index contributed by atoms with van der Waals surface area (Å²) in [7, 11) is 0. The summed E-state index contributed by atoms with van der Waals surface area (Å²) in [5, 5.41) is 3.45. The second kappa shape index (κ2) is 5.04. The van der Waals surface area contributed by atoms with Crippen molar-refractivity contribution in [3.05, 3.63) is 45.0 Å². The molecule has 0 aromatic carbocycles. The van der Waals surface area contributed by atoms with E-state index in [1.807, 2.05) is 19.1 Å². The van der Waals surface area contributed by atoms with E-state index in [9.17, 15) is 0 Å². The van der Waals surface area contributed by atoms with Crippen molar-refractivity contribution in [1.29, 1.82) is 0 Å². The van der Waals surface area contributed by atoms with Crippen LogP contribution >= 0.6 is 22.9 Å². The molecule has 0 aliphatic carbocycles. The lowest BCUT2D eigenvalue weighted by Gasteiger charge is -2.15. The van der Waals surface area contributed by atoms with Gasteiger partial charge in [-0.25, -0.2) is 0 Å². The Balaban J connectivity index is 2.34. The van der Waals surface area contributed by atoms with Gasteiger partial charge in [0.2, 0.25) is 0 Å². The first-order valence-electron chi connectivity index (χ1n) is 5.25. The maximum Gasteiger partial charge on any atom is 0.105 e. The van der Waals surface area contributed by atoms with Crippen molar-refractivity contribution in [3.8, 4) is 0 Å². The van der Waals surface area contributed by atoms with Crippen LogP contribution in [-0.2, 0) is 0 Å². The lowest BCUT2D eigenvalue weighted by Crippen LogP contribution is -2.21. The highest BCUT2D eigenvalue weighted by atomic mass is 35.5. The van der Waals surface area contributed by atoms with Crippen LogP contribution in [0.5, 0.6) is 0 Å². The smallest absolute Gasteiger partial charge is 0.105 e. The Morgan fingerprint density at radius 3 is 2.75 bits per heavy atom. The van der Waals surface area contributed by atoms with Gasteiger partial charge >= 0.3 is 0 Å². The molecule has 0 saturated heterocycles. The third kappa shape index (κ3) is 2.32. The first kappa shape index (κ1) is 11.7. The summed E-state index contributed by atoms with van der Waals surface area (Å²) in [5.41, 5.74) is 1.18. The molecule has 1 N–H and O–H groups in total. The van der Waals surface area contributed by atoms with Gasteiger partial charge in [0.15, 0.2) is 0 Å². The summed E-state index contributed by atoms with van der Waals surface area (Å²) in [5.74, 6) is 0.954. The monoisotopic (exact) mass is 255 g/mol. The summed E-state index contributed by atoms with van der Waals surface area (Å²) in [6.45, 7) is 4.98. The van der Waals surface area contributed by atoms with E-state index in [-0.39, 0.29) is 6.04 Å². The molecule has 4 heteroatoms. The van der Waals surface area contributed by atoms with Crippen molar-refractivity contribution in [2.75, 3.05) is 6.54 Å². The summed E-state index contributed by atoms with van der Waals surface area (Å²) >= 11 is 7.58. The zero-order valence-corrected chi connectivity index (χ0v) is 10.9. The van der Waals surface area contributed by atoms with Crippen LogP contribution in [0.4, 0.5) is 0 Å². The fourth-order valence-corrected chi connectivity index (χ4v) is 2.90. The lowest BCUT2D eigenvalue weighted by atomic mass is 10.1. The number of nitrogens with one attached hydrogen (secondary N) is 1. The van der Waals surface area contributed by atoms with Crippen molar-refractivity contribution in [1.82, 2.24) is 5.32 Å². The largest absolute Gasteiger partial charge is 0.469 e. The van der Waals surface area contributed by atoms with Gasteiger partial charge in [-0.3, -0.25) is 0 Å². The molecule has 0 fully saturated rings. The highest BCUT2D eigenvalue weighted by Crippen LogP contribution is 2.32. The van der Waals surface area contributed by atoms with E-state index in [0.29, 0.717) is 0 Å². The van der Waals surface area contributed by atoms with Crippen LogP contribution in [0.25, 0.3) is 0 Å². The van der Waals surface area contributed by atoms with Crippen molar-refractivity contribution in [3.63, 3.8) is 0 Å². The van der Waals surface area contributed by atoms with Gasteiger partial charge in [-0.2, -0.15) is 0 Å². The number of hydrogen-bond donors (Lipinski definition) is 1. The normalized spacial score (nSPS) is 12.9. The Morgan fingerprint density at radius 2 is 2.25 bits per heavy atom. The molecule has 0 saturated carbocycles. The van der Waals surface area contributed by atoms with Gasteiger partial charge in [0, 0.05) is 10.4 Å². The molecule has 0 radical (unpaired) electrons. The van der Waals surface area contributed by atoms with Gasteiger partial charge in [-0.15, -0.1) is 11.3 Å². The van der Waals surface area contributed by atoms with Crippen LogP contribution in [0, 0.1) is 6.92 Å². The highest BCUT2D eigenvalue weighted by Gasteiger charge is 2.18. The SMILES string of the molecule is CCNC(c1ccc(Cl)s1)c1ccoc1C. The molecule has 1 atom stereocenters. The summed E-state index contributed by atoms with van der Waals surface area (Å²) < 4.78 is 6.17. The maximum absolute atomic E-state index is 5.97. The molecule has 2 rings (SSSR count). The van der Waals surface area contributed by atoms with Gasteiger partial charge in [0.25, 0.3) is 0 Å². The number of halogens is 1. The van der Waals surface area contributed by atoms with Crippen LogP contribution < -0.4 is 5.32 Å². The molecular weight excluding hydrogens is 242 g/mol. The molecule has 0 aliphatic heterocycles. The Hall–Kier alpha value is -0.770. The van der Waals surface area contributed by atoms with E-state index in [4.69, 9.17) is 16.0 Å². The zero-order valence-electron chi connectivity index (χ0n) is 9.29. The second-order valence-corrected chi connectivity index (χ2v) is 5.31. The number of furan rings is 1. The Morgan fingerprint density at radius 1 is 1.44 bits per heavy atom. The fraction of sp³-hybridized carbons (Fsp3) is 0.333. The minimum atomic E-state index is 0.182. The minimum Gasteiger partial charge on any atom is -0.469 e. The van der Waals surface area contributed by atoms with Crippen molar-refractivity contribution in [2.45, 2.75) is 19.9 Å². The third-order valence-electron chi connectivity index (χ3n) is 2.50. The summed E-state index contributed by atoms with van der Waals surface area (Å²) in [4.78, 5) is 1.22. The fourth-order valence-electron chi connectivity index (χ4n) is 1.75. The van der Waals surface area contributed by atoms with Crippen LogP contribution in [0.2, 0.25) is 4.34 Å². The van der Waals surface area contributed by atoms with E-state index in [0.717, 1.165) is 16.6 Å². The summed E-state index contributed by atoms with van der Waals surface area (Å²) in [6, 6.07) is 6.19. The van der Waals surface area contributed by atoms with Gasteiger partial charge < -0.3 is 9.73 Å². The highest BCUT2D eigenvalue weighted by molar-refractivity contribution is 7.16. The molecule has 2 heterocycles. The summed E-state index contributed by atoms with van der Waals surface area (Å²) in [6.07, 6.45) is 1.73. The van der Waals surface area contributed by atoms with E-state index in [1.165, 1.54) is 10.4 Å². The van der Waals surface area contributed by atoms with Crippen molar-refractivity contribution < 1.29 is 4.42 Å². The Kier molecular flexibility index (Phi) is 3.69. The number of thiophene rings is 1. The molecular formula is C12H14ClNOS. The van der Waals surface area contributed by atoms with Gasteiger partial charge in [0.05, 0.1) is 16.6 Å². The molecule has 86 valence electrons. The van der Waals surface area contributed by atoms with E-state index < -0.39 is 0 Å². The maximum atomic E-state index is 5.97. The van der Waals surface area contributed by atoms with E-state index >= 15 is 0 Å². The molecule has 0 bridgehead atoms. The van der Waals surface area contributed by atoms with Crippen LogP contribution in [-0.4, -0.2) is 6.54 Å². The zero-order chi connectivity index (χ0) is 11.5. The molecule has 2 aromatic rings. The number of hydrogen-bond acceptors (Lipinski definition) is 3. The molecule has 0 spiro atoms. The first-order valence-corrected chi connectivity index (χ1v) is 6.44. The standard InChI is InChI=1S/C12H14ClNOS/c1-3-14-12(9-6-7-15-8(9)2)10-4-5-11(13)16-10/h4-7,12,14H,3H2,1-2H3. The van der Waals surface area contributed by atoms with Gasteiger partial charge in [-0.05, 0) is 31.7 Å². The molecule has 2 aromatic heterocycles. The number of aryl methyl sites for hydroxylation is 1. The molecule has 1 unspecified atom stereocenters. The van der Waals surface area contributed by atoms with Crippen LogP contribution in [0.1, 0.15) is 29.2 Å². The van der Waals surface area contributed by atoms with E-state index in [1.54, 1.807) is 17.6 Å². The Bertz CT molecular complexity index is 463. The predicted molar refractivity (Wildman–Crippen MR) is 68.3 cm³/mol. The second-order valence-electron chi connectivity index (χ2n) is 3.56. The third-order valence-corrected chi connectivity index (χ3v) is 3.79. The van der Waals surface area contributed by atoms with Crippen molar-refractivity contribution >= 4 is 22.9 Å². The Labute approximate surface area is 104 Å². The number of rotatable bonds is 4. The average Bonchev–Trinajstić information content (AvgIpc) is 2.84. The van der Waals surface area contributed by atoms with Crippen LogP contribution in [0.3, 0.4) is 0 Å². The van der Waals surface area contributed by atoms with Gasteiger partial charge in [0.1, 0.15) is 5.76 Å². The molecule has 16 heavy (non-hydrogen) atoms. The van der Waals surface area contributed by atoms with Crippen LogP contribution in [0.15, 0.2) is 28.9 Å².